The van der Waals surface area contributed by atoms with Crippen molar-refractivity contribution >= 4 is 29.2 Å². The molecule has 1 aromatic heterocycles. The van der Waals surface area contributed by atoms with Crippen molar-refractivity contribution in [1.29, 1.82) is 0 Å². The van der Waals surface area contributed by atoms with Crippen LogP contribution in [0.15, 0.2) is 12.1 Å². The smallest absolute Gasteiger partial charge is 0.313 e. The number of pyridine rings is 1. The molecule has 0 aromatic carbocycles. The van der Waals surface area contributed by atoms with E-state index in [1.165, 1.54) is 7.11 Å². The van der Waals surface area contributed by atoms with Gasteiger partial charge in [0.25, 0.3) is 0 Å². The van der Waals surface area contributed by atoms with E-state index in [9.17, 15) is 4.79 Å². The first-order chi connectivity index (χ1) is 7.80. The summed E-state index contributed by atoms with van der Waals surface area (Å²) in [6.45, 7) is 3.38. The number of ether oxygens (including phenoxy) is 1. The molecule has 0 unspecified atom stereocenters. The average molecular weight is 277 g/mol. The van der Waals surface area contributed by atoms with Crippen LogP contribution in [-0.4, -0.2) is 18.1 Å². The first-order valence-electron chi connectivity index (χ1n) is 4.96. The zero-order valence-electron chi connectivity index (χ0n) is 9.83. The first-order valence-corrected chi connectivity index (χ1v) is 5.72. The van der Waals surface area contributed by atoms with Gasteiger partial charge in [-0.3, -0.25) is 4.79 Å². The third-order valence-electron chi connectivity index (χ3n) is 2.67. The van der Waals surface area contributed by atoms with Gasteiger partial charge in [-0.05, 0) is 19.9 Å². The molecule has 1 atom stereocenters. The summed E-state index contributed by atoms with van der Waals surface area (Å²) >= 11 is 11.6. The number of methoxy groups -OCH3 is 1. The second-order valence-electron chi connectivity index (χ2n) is 4.20. The molecule has 0 aliphatic carbocycles. The van der Waals surface area contributed by atoms with Crippen molar-refractivity contribution in [2.75, 3.05) is 7.11 Å². The van der Waals surface area contributed by atoms with E-state index in [2.05, 4.69) is 4.98 Å². The quantitative estimate of drug-likeness (QED) is 0.681. The van der Waals surface area contributed by atoms with Crippen LogP contribution in [0.1, 0.15) is 25.5 Å². The van der Waals surface area contributed by atoms with Gasteiger partial charge in [-0.15, -0.1) is 0 Å². The van der Waals surface area contributed by atoms with Crippen molar-refractivity contribution in [1.82, 2.24) is 4.98 Å². The Bertz CT molecular complexity index is 435. The van der Waals surface area contributed by atoms with Gasteiger partial charge in [0.1, 0.15) is 10.3 Å². The van der Waals surface area contributed by atoms with Crippen LogP contribution in [0.25, 0.3) is 0 Å². The summed E-state index contributed by atoms with van der Waals surface area (Å²) in [6, 6.07) is 2.62. The molecule has 0 aliphatic heterocycles. The van der Waals surface area contributed by atoms with Crippen LogP contribution in [0.5, 0.6) is 0 Å². The lowest BCUT2D eigenvalue weighted by Crippen LogP contribution is -2.37. The van der Waals surface area contributed by atoms with Gasteiger partial charge in [0.15, 0.2) is 0 Å². The molecule has 1 rings (SSSR count). The van der Waals surface area contributed by atoms with Gasteiger partial charge in [-0.25, -0.2) is 4.98 Å². The number of hydrogen-bond donors (Lipinski definition) is 1. The Hall–Kier alpha value is -0.840. The van der Waals surface area contributed by atoms with Gasteiger partial charge < -0.3 is 10.5 Å². The second kappa shape index (κ2) is 5.21. The first kappa shape index (κ1) is 14.2. The number of carbonyl (C=O) groups excluding carboxylic acids is 1. The molecule has 4 nitrogen and oxygen atoms in total. The van der Waals surface area contributed by atoms with Crippen LogP contribution in [-0.2, 0) is 9.53 Å². The highest BCUT2D eigenvalue weighted by Gasteiger charge is 2.37. The van der Waals surface area contributed by atoms with Gasteiger partial charge >= 0.3 is 5.97 Å². The van der Waals surface area contributed by atoms with Crippen molar-refractivity contribution in [2.24, 2.45) is 11.1 Å². The predicted octanol–water partition coefficient (Wildman–Crippen LogP) is 2.59. The summed E-state index contributed by atoms with van der Waals surface area (Å²) in [6.07, 6.45) is 0. The van der Waals surface area contributed by atoms with Crippen molar-refractivity contribution in [2.45, 2.75) is 19.9 Å². The van der Waals surface area contributed by atoms with Crippen molar-refractivity contribution in [3.63, 3.8) is 0 Å². The maximum Gasteiger partial charge on any atom is 0.313 e. The van der Waals surface area contributed by atoms with Crippen molar-refractivity contribution in [3.05, 3.63) is 28.0 Å². The largest absolute Gasteiger partial charge is 0.469 e. The van der Waals surface area contributed by atoms with Crippen LogP contribution < -0.4 is 5.73 Å². The summed E-state index contributed by atoms with van der Waals surface area (Å²) in [4.78, 5) is 15.5. The molecule has 0 saturated carbocycles. The van der Waals surface area contributed by atoms with Crippen LogP contribution in [0.3, 0.4) is 0 Å². The number of halogens is 2. The minimum absolute atomic E-state index is 0.196. The zero-order valence-corrected chi connectivity index (χ0v) is 11.3. The molecule has 0 saturated heterocycles. The summed E-state index contributed by atoms with van der Waals surface area (Å²) in [7, 11) is 1.32. The second-order valence-corrected chi connectivity index (χ2v) is 4.95. The van der Waals surface area contributed by atoms with E-state index in [0.717, 1.165) is 0 Å². The van der Waals surface area contributed by atoms with Gasteiger partial charge in [0.05, 0.1) is 12.5 Å². The minimum Gasteiger partial charge on any atom is -0.469 e. The minimum atomic E-state index is -0.895. The molecule has 6 heteroatoms. The fraction of sp³-hybridized carbons (Fsp3) is 0.455. The van der Waals surface area contributed by atoms with Crippen LogP contribution in [0.4, 0.5) is 0 Å². The Kier molecular flexibility index (Phi) is 4.36. The highest BCUT2D eigenvalue weighted by molar-refractivity contribution is 6.32. The Morgan fingerprint density at radius 1 is 1.47 bits per heavy atom. The summed E-state index contributed by atoms with van der Waals surface area (Å²) < 4.78 is 4.71. The number of hydrogen-bond acceptors (Lipinski definition) is 4. The van der Waals surface area contributed by atoms with Gasteiger partial charge in [0, 0.05) is 11.6 Å². The molecular formula is C11H14Cl2N2O2. The standard InChI is InChI=1S/C11H14Cl2N2O2/c1-11(2,10(16)17-3)8(14)6-4-5-7(12)15-9(6)13/h4-5,8H,14H2,1-3H3/t8-/m0/s1. The van der Waals surface area contributed by atoms with Crippen LogP contribution in [0, 0.1) is 5.41 Å². The lowest BCUT2D eigenvalue weighted by Gasteiger charge is -2.29. The molecule has 0 bridgehead atoms. The highest BCUT2D eigenvalue weighted by Crippen LogP contribution is 2.35. The SMILES string of the molecule is COC(=O)C(C)(C)[C@@H](N)c1ccc(Cl)nc1Cl. The number of carbonyl (C=O) groups is 1. The maximum absolute atomic E-state index is 11.6. The van der Waals surface area contributed by atoms with Crippen molar-refractivity contribution in [3.8, 4) is 0 Å². The van der Waals surface area contributed by atoms with Gasteiger partial charge in [-0.1, -0.05) is 29.3 Å². The fourth-order valence-corrected chi connectivity index (χ4v) is 1.90. The maximum atomic E-state index is 11.6. The third-order valence-corrected chi connectivity index (χ3v) is 3.18. The molecule has 0 amide bonds. The number of rotatable bonds is 3. The molecule has 94 valence electrons. The zero-order chi connectivity index (χ0) is 13.2. The summed E-state index contributed by atoms with van der Waals surface area (Å²) in [5, 5.41) is 0.476. The Morgan fingerprint density at radius 3 is 2.53 bits per heavy atom. The normalized spacial score (nSPS) is 13.3. The molecule has 0 radical (unpaired) electrons. The Morgan fingerprint density at radius 2 is 2.06 bits per heavy atom. The van der Waals surface area contributed by atoms with E-state index in [1.54, 1.807) is 26.0 Å². The van der Waals surface area contributed by atoms with E-state index < -0.39 is 17.4 Å². The molecule has 0 aliphatic rings. The van der Waals surface area contributed by atoms with E-state index in [4.69, 9.17) is 33.7 Å². The van der Waals surface area contributed by atoms with E-state index in [1.807, 2.05) is 0 Å². The number of nitrogens with zero attached hydrogens (tertiary/aromatic N) is 1. The predicted molar refractivity (Wildman–Crippen MR) is 67.0 cm³/mol. The lowest BCUT2D eigenvalue weighted by atomic mass is 9.81. The molecule has 0 spiro atoms. The third kappa shape index (κ3) is 2.89. The number of aromatic nitrogens is 1. The lowest BCUT2D eigenvalue weighted by molar-refractivity contribution is -0.152. The number of esters is 1. The fourth-order valence-electron chi connectivity index (χ4n) is 1.43. The molecule has 1 aromatic rings. The molecule has 17 heavy (non-hydrogen) atoms. The Labute approximate surface area is 110 Å². The summed E-state index contributed by atoms with van der Waals surface area (Å²) in [5.74, 6) is -0.406. The van der Waals surface area contributed by atoms with E-state index in [-0.39, 0.29) is 10.3 Å². The number of nitrogens with two attached hydrogens (primary N) is 1. The molecule has 2 N–H and O–H groups in total. The van der Waals surface area contributed by atoms with Crippen molar-refractivity contribution < 1.29 is 9.53 Å². The molecule has 1 heterocycles. The van der Waals surface area contributed by atoms with E-state index in [0.29, 0.717) is 5.56 Å². The topological polar surface area (TPSA) is 65.2 Å². The molecular weight excluding hydrogens is 263 g/mol. The highest BCUT2D eigenvalue weighted by atomic mass is 35.5. The van der Waals surface area contributed by atoms with Gasteiger partial charge in [0.2, 0.25) is 0 Å². The monoisotopic (exact) mass is 276 g/mol. The Balaban J connectivity index is 3.11. The van der Waals surface area contributed by atoms with Crippen LogP contribution in [0.2, 0.25) is 10.3 Å². The van der Waals surface area contributed by atoms with Crippen LogP contribution >= 0.6 is 23.2 Å². The summed E-state index contributed by atoms with van der Waals surface area (Å²) in [5.41, 5.74) is 5.70. The average Bonchev–Trinajstić information content (AvgIpc) is 2.27. The van der Waals surface area contributed by atoms with Gasteiger partial charge in [-0.2, -0.15) is 0 Å². The molecule has 0 fully saturated rings. The van der Waals surface area contributed by atoms with E-state index >= 15 is 0 Å².